The lowest BCUT2D eigenvalue weighted by molar-refractivity contribution is -0.135. The third-order valence-corrected chi connectivity index (χ3v) is 4.35. The molecule has 116 valence electrons. The number of nitrogens with two attached hydrogens (primary N) is 1. The summed E-state index contributed by atoms with van der Waals surface area (Å²) in [6, 6.07) is 7.79. The van der Waals surface area contributed by atoms with Gasteiger partial charge in [0.25, 0.3) is 0 Å². The van der Waals surface area contributed by atoms with Crippen molar-refractivity contribution in [3.63, 3.8) is 0 Å². The summed E-state index contributed by atoms with van der Waals surface area (Å²) < 4.78 is 5.39. The summed E-state index contributed by atoms with van der Waals surface area (Å²) in [6.45, 7) is 4.69. The highest BCUT2D eigenvalue weighted by Crippen LogP contribution is 2.31. The molecule has 1 fully saturated rings. The highest BCUT2D eigenvalue weighted by molar-refractivity contribution is 5.82. The van der Waals surface area contributed by atoms with Gasteiger partial charge in [0.2, 0.25) is 5.91 Å². The fraction of sp³-hybridized carbons (Fsp3) is 0.588. The SMILES string of the molecule is CCC(C)C(N)C(=O)N(Cc1ccccc1OC)C1CC1. The molecule has 2 unspecified atom stereocenters. The largest absolute Gasteiger partial charge is 0.496 e. The maximum Gasteiger partial charge on any atom is 0.240 e. The molecule has 2 N–H and O–H groups in total. The normalized spacial score (nSPS) is 17.1. The summed E-state index contributed by atoms with van der Waals surface area (Å²) in [4.78, 5) is 14.6. The monoisotopic (exact) mass is 290 g/mol. The van der Waals surface area contributed by atoms with Gasteiger partial charge in [0, 0.05) is 18.2 Å². The Labute approximate surface area is 127 Å². The Kier molecular flexibility index (Phi) is 5.23. The summed E-state index contributed by atoms with van der Waals surface area (Å²) in [5, 5.41) is 0. The number of benzene rings is 1. The van der Waals surface area contributed by atoms with Crippen LogP contribution in [0.2, 0.25) is 0 Å². The number of ether oxygens (including phenoxy) is 1. The molecule has 0 bridgehead atoms. The van der Waals surface area contributed by atoms with E-state index in [1.54, 1.807) is 7.11 Å². The molecule has 0 radical (unpaired) electrons. The van der Waals surface area contributed by atoms with E-state index in [1.165, 1.54) is 0 Å². The molecule has 1 amide bonds. The number of methoxy groups -OCH3 is 1. The van der Waals surface area contributed by atoms with Crippen molar-refractivity contribution >= 4 is 5.91 Å². The fourth-order valence-corrected chi connectivity index (χ4v) is 2.48. The first-order valence-corrected chi connectivity index (χ1v) is 7.76. The highest BCUT2D eigenvalue weighted by Gasteiger charge is 2.36. The van der Waals surface area contributed by atoms with Crippen molar-refractivity contribution in [1.82, 2.24) is 4.90 Å². The van der Waals surface area contributed by atoms with E-state index < -0.39 is 6.04 Å². The van der Waals surface area contributed by atoms with Gasteiger partial charge < -0.3 is 15.4 Å². The van der Waals surface area contributed by atoms with Crippen molar-refractivity contribution in [1.29, 1.82) is 0 Å². The van der Waals surface area contributed by atoms with E-state index >= 15 is 0 Å². The molecular formula is C17H26N2O2. The summed E-state index contributed by atoms with van der Waals surface area (Å²) in [5.74, 6) is 1.10. The van der Waals surface area contributed by atoms with Crippen LogP contribution in [-0.2, 0) is 11.3 Å². The van der Waals surface area contributed by atoms with Crippen molar-refractivity contribution in [3.05, 3.63) is 29.8 Å². The number of para-hydroxylation sites is 1. The lowest BCUT2D eigenvalue weighted by Gasteiger charge is -2.28. The molecule has 0 aromatic heterocycles. The van der Waals surface area contributed by atoms with Crippen LogP contribution >= 0.6 is 0 Å². The zero-order valence-electron chi connectivity index (χ0n) is 13.2. The first-order valence-electron chi connectivity index (χ1n) is 7.76. The minimum atomic E-state index is -0.412. The first-order chi connectivity index (χ1) is 10.1. The molecule has 1 aromatic carbocycles. The molecule has 1 aliphatic carbocycles. The van der Waals surface area contributed by atoms with Crippen LogP contribution in [0.15, 0.2) is 24.3 Å². The summed E-state index contributed by atoms with van der Waals surface area (Å²) in [7, 11) is 1.66. The third kappa shape index (κ3) is 3.76. The molecule has 2 rings (SSSR count). The maximum atomic E-state index is 12.7. The van der Waals surface area contributed by atoms with Crippen molar-refractivity contribution in [2.24, 2.45) is 11.7 Å². The Morgan fingerprint density at radius 1 is 1.43 bits per heavy atom. The smallest absolute Gasteiger partial charge is 0.240 e. The minimum Gasteiger partial charge on any atom is -0.496 e. The standard InChI is InChI=1S/C17H26N2O2/c1-4-12(2)16(18)17(20)19(14-9-10-14)11-13-7-5-6-8-15(13)21-3/h5-8,12,14,16H,4,9-11,18H2,1-3H3. The first kappa shape index (κ1) is 15.8. The zero-order valence-corrected chi connectivity index (χ0v) is 13.2. The van der Waals surface area contributed by atoms with E-state index in [0.717, 1.165) is 30.6 Å². The highest BCUT2D eigenvalue weighted by atomic mass is 16.5. The Balaban J connectivity index is 2.14. The molecular weight excluding hydrogens is 264 g/mol. The van der Waals surface area contributed by atoms with Gasteiger partial charge in [-0.1, -0.05) is 38.5 Å². The van der Waals surface area contributed by atoms with E-state index in [9.17, 15) is 4.79 Å². The van der Waals surface area contributed by atoms with Gasteiger partial charge in [-0.3, -0.25) is 4.79 Å². The van der Waals surface area contributed by atoms with Crippen LogP contribution in [0.5, 0.6) is 5.75 Å². The summed E-state index contributed by atoms with van der Waals surface area (Å²) >= 11 is 0. The van der Waals surface area contributed by atoms with E-state index in [0.29, 0.717) is 12.6 Å². The van der Waals surface area contributed by atoms with Crippen molar-refractivity contribution in [2.45, 2.75) is 51.7 Å². The van der Waals surface area contributed by atoms with Gasteiger partial charge in [0.15, 0.2) is 0 Å². The van der Waals surface area contributed by atoms with Gasteiger partial charge in [0.1, 0.15) is 5.75 Å². The molecule has 1 aromatic rings. The molecule has 0 heterocycles. The molecule has 0 saturated heterocycles. The van der Waals surface area contributed by atoms with Gasteiger partial charge in [-0.15, -0.1) is 0 Å². The predicted octanol–water partition coefficient (Wildman–Crippen LogP) is 2.56. The number of carbonyl (C=O) groups is 1. The number of rotatable bonds is 7. The molecule has 4 heteroatoms. The Bertz CT molecular complexity index is 485. The van der Waals surface area contributed by atoms with Crippen molar-refractivity contribution in [3.8, 4) is 5.75 Å². The number of carbonyl (C=O) groups excluding carboxylic acids is 1. The number of nitrogens with zero attached hydrogens (tertiary/aromatic N) is 1. The predicted molar refractivity (Wildman–Crippen MR) is 84.0 cm³/mol. The molecule has 1 aliphatic rings. The van der Waals surface area contributed by atoms with Crippen LogP contribution in [-0.4, -0.2) is 30.0 Å². The van der Waals surface area contributed by atoms with Crippen molar-refractivity contribution < 1.29 is 9.53 Å². The van der Waals surface area contributed by atoms with Crippen molar-refractivity contribution in [2.75, 3.05) is 7.11 Å². The molecule has 1 saturated carbocycles. The lowest BCUT2D eigenvalue weighted by atomic mass is 9.98. The van der Waals surface area contributed by atoms with Crippen LogP contribution in [0.1, 0.15) is 38.7 Å². The number of hydrogen-bond donors (Lipinski definition) is 1. The summed E-state index contributed by atoms with van der Waals surface area (Å²) in [6.07, 6.45) is 3.07. The van der Waals surface area contributed by atoms with Crippen LogP contribution in [0.25, 0.3) is 0 Å². The van der Waals surface area contributed by atoms with Crippen LogP contribution in [0.3, 0.4) is 0 Å². The zero-order chi connectivity index (χ0) is 15.4. The Morgan fingerprint density at radius 2 is 2.10 bits per heavy atom. The molecule has 4 nitrogen and oxygen atoms in total. The van der Waals surface area contributed by atoms with Gasteiger partial charge in [-0.2, -0.15) is 0 Å². The number of hydrogen-bond acceptors (Lipinski definition) is 3. The van der Waals surface area contributed by atoms with Crippen LogP contribution in [0, 0.1) is 5.92 Å². The quantitative estimate of drug-likeness (QED) is 0.839. The second-order valence-electron chi connectivity index (χ2n) is 5.92. The minimum absolute atomic E-state index is 0.0674. The van der Waals surface area contributed by atoms with E-state index in [4.69, 9.17) is 10.5 Å². The van der Waals surface area contributed by atoms with E-state index in [-0.39, 0.29) is 11.8 Å². The maximum absolute atomic E-state index is 12.7. The third-order valence-electron chi connectivity index (χ3n) is 4.35. The molecule has 2 atom stereocenters. The average Bonchev–Trinajstić information content (AvgIpc) is 3.35. The van der Waals surface area contributed by atoms with Crippen LogP contribution < -0.4 is 10.5 Å². The fourth-order valence-electron chi connectivity index (χ4n) is 2.48. The Hall–Kier alpha value is -1.55. The van der Waals surface area contributed by atoms with E-state index in [1.807, 2.05) is 36.1 Å². The topological polar surface area (TPSA) is 55.6 Å². The Morgan fingerprint density at radius 3 is 2.67 bits per heavy atom. The summed E-state index contributed by atoms with van der Waals surface area (Å²) in [5.41, 5.74) is 7.18. The lowest BCUT2D eigenvalue weighted by Crippen LogP contribution is -2.47. The number of amides is 1. The van der Waals surface area contributed by atoms with Gasteiger partial charge in [-0.25, -0.2) is 0 Å². The second kappa shape index (κ2) is 6.94. The second-order valence-corrected chi connectivity index (χ2v) is 5.92. The molecule has 0 spiro atoms. The average molecular weight is 290 g/mol. The van der Waals surface area contributed by atoms with Crippen LogP contribution in [0.4, 0.5) is 0 Å². The van der Waals surface area contributed by atoms with E-state index in [2.05, 4.69) is 6.92 Å². The van der Waals surface area contributed by atoms with Gasteiger partial charge >= 0.3 is 0 Å². The van der Waals surface area contributed by atoms with Gasteiger partial charge in [-0.05, 0) is 24.8 Å². The van der Waals surface area contributed by atoms with Gasteiger partial charge in [0.05, 0.1) is 13.2 Å². The molecule has 21 heavy (non-hydrogen) atoms. The molecule has 0 aliphatic heterocycles.